The summed E-state index contributed by atoms with van der Waals surface area (Å²) >= 11 is 9.65. The molecule has 1 aromatic heterocycles. The molecular formula is C14H16BrClN2O2. The van der Waals surface area contributed by atoms with E-state index in [4.69, 9.17) is 16.3 Å². The molecule has 0 radical (unpaired) electrons. The van der Waals surface area contributed by atoms with E-state index in [1.165, 1.54) is 0 Å². The summed E-state index contributed by atoms with van der Waals surface area (Å²) in [6.45, 7) is 3.99. The summed E-state index contributed by atoms with van der Waals surface area (Å²) in [5.74, 6) is 0.585. The van der Waals surface area contributed by atoms with Crippen molar-refractivity contribution in [3.8, 4) is 5.75 Å². The molecule has 0 aliphatic rings. The summed E-state index contributed by atoms with van der Waals surface area (Å²) < 4.78 is 8.44. The van der Waals surface area contributed by atoms with E-state index >= 15 is 0 Å². The molecule has 1 aromatic carbocycles. The van der Waals surface area contributed by atoms with Crippen molar-refractivity contribution in [2.75, 3.05) is 0 Å². The molecule has 0 saturated carbocycles. The van der Waals surface area contributed by atoms with Gasteiger partial charge < -0.3 is 9.84 Å². The van der Waals surface area contributed by atoms with Gasteiger partial charge in [0, 0.05) is 7.05 Å². The van der Waals surface area contributed by atoms with Crippen LogP contribution in [0.1, 0.15) is 30.0 Å². The number of nitrogens with zero attached hydrogens (tertiary/aromatic N) is 2. The molecule has 0 unspecified atom stereocenters. The molecule has 2 aromatic rings. The highest BCUT2D eigenvalue weighted by Crippen LogP contribution is 2.29. The summed E-state index contributed by atoms with van der Waals surface area (Å²) in [6, 6.07) is 5.28. The molecule has 2 rings (SSSR count). The molecule has 0 aliphatic carbocycles. The Balaban J connectivity index is 2.15. The predicted molar refractivity (Wildman–Crippen MR) is 82.1 cm³/mol. The van der Waals surface area contributed by atoms with E-state index in [1.54, 1.807) is 29.8 Å². The van der Waals surface area contributed by atoms with Crippen LogP contribution in [-0.2, 0) is 13.7 Å². The Kier molecular flexibility index (Phi) is 4.73. The zero-order chi connectivity index (χ0) is 14.9. The van der Waals surface area contributed by atoms with Crippen LogP contribution in [0, 0.1) is 6.92 Å². The number of aliphatic hydroxyl groups is 1. The first-order valence-electron chi connectivity index (χ1n) is 6.18. The van der Waals surface area contributed by atoms with Crippen molar-refractivity contribution in [1.29, 1.82) is 0 Å². The van der Waals surface area contributed by atoms with Crippen molar-refractivity contribution < 1.29 is 9.84 Å². The first kappa shape index (κ1) is 15.4. The van der Waals surface area contributed by atoms with Crippen molar-refractivity contribution in [1.82, 2.24) is 9.78 Å². The maximum absolute atomic E-state index is 9.51. The first-order valence-corrected chi connectivity index (χ1v) is 7.35. The highest BCUT2D eigenvalue weighted by atomic mass is 79.9. The van der Waals surface area contributed by atoms with Crippen LogP contribution in [0.15, 0.2) is 22.7 Å². The van der Waals surface area contributed by atoms with Gasteiger partial charge in [0.15, 0.2) is 0 Å². The van der Waals surface area contributed by atoms with Gasteiger partial charge in [-0.3, -0.25) is 4.68 Å². The van der Waals surface area contributed by atoms with E-state index < -0.39 is 6.10 Å². The molecule has 0 aliphatic heterocycles. The summed E-state index contributed by atoms with van der Waals surface area (Å²) in [6.07, 6.45) is -0.546. The third-order valence-corrected chi connectivity index (χ3v) is 4.39. The fourth-order valence-corrected chi connectivity index (χ4v) is 2.57. The molecule has 6 heteroatoms. The van der Waals surface area contributed by atoms with Gasteiger partial charge in [-0.15, -0.1) is 0 Å². The van der Waals surface area contributed by atoms with E-state index in [9.17, 15) is 5.11 Å². The number of aliphatic hydroxyl groups excluding tert-OH is 1. The molecule has 4 nitrogen and oxygen atoms in total. The van der Waals surface area contributed by atoms with Crippen LogP contribution in [0.25, 0.3) is 0 Å². The summed E-state index contributed by atoms with van der Waals surface area (Å²) in [5.41, 5.74) is 2.62. The Labute approximate surface area is 131 Å². The molecular weight excluding hydrogens is 344 g/mol. The lowest BCUT2D eigenvalue weighted by molar-refractivity contribution is 0.199. The minimum atomic E-state index is -0.546. The highest BCUT2D eigenvalue weighted by molar-refractivity contribution is 9.10. The van der Waals surface area contributed by atoms with Gasteiger partial charge in [-0.1, -0.05) is 17.7 Å². The molecule has 1 heterocycles. The summed E-state index contributed by atoms with van der Waals surface area (Å²) in [4.78, 5) is 0. The van der Waals surface area contributed by atoms with Gasteiger partial charge in [-0.05, 0) is 47.5 Å². The molecule has 20 heavy (non-hydrogen) atoms. The van der Waals surface area contributed by atoms with E-state index in [1.807, 2.05) is 14.0 Å². The van der Waals surface area contributed by atoms with Crippen LogP contribution in [0.3, 0.4) is 0 Å². The van der Waals surface area contributed by atoms with Crippen molar-refractivity contribution in [3.63, 3.8) is 0 Å². The Morgan fingerprint density at radius 2 is 2.20 bits per heavy atom. The third kappa shape index (κ3) is 3.16. The van der Waals surface area contributed by atoms with Gasteiger partial charge in [-0.2, -0.15) is 5.10 Å². The van der Waals surface area contributed by atoms with Crippen LogP contribution in [0.4, 0.5) is 0 Å². The molecule has 1 atom stereocenters. The van der Waals surface area contributed by atoms with E-state index in [-0.39, 0.29) is 0 Å². The Morgan fingerprint density at radius 1 is 1.50 bits per heavy atom. The SMILES string of the molecule is Cc1nn(C)c(COc2ccc([C@@H](C)O)cc2Cl)c1Br. The molecule has 0 saturated heterocycles. The second-order valence-corrected chi connectivity index (χ2v) is 5.82. The number of ether oxygens (including phenoxy) is 1. The van der Waals surface area contributed by atoms with Crippen molar-refractivity contribution in [2.24, 2.45) is 7.05 Å². The second kappa shape index (κ2) is 6.16. The van der Waals surface area contributed by atoms with Gasteiger partial charge in [0.2, 0.25) is 0 Å². The maximum Gasteiger partial charge on any atom is 0.138 e. The number of benzene rings is 1. The lowest BCUT2D eigenvalue weighted by Crippen LogP contribution is -2.04. The summed E-state index contributed by atoms with van der Waals surface area (Å²) in [7, 11) is 1.87. The van der Waals surface area contributed by atoms with Crippen molar-refractivity contribution in [2.45, 2.75) is 26.6 Å². The zero-order valence-corrected chi connectivity index (χ0v) is 13.9. The monoisotopic (exact) mass is 358 g/mol. The molecule has 108 valence electrons. The predicted octanol–water partition coefficient (Wildman–Crippen LogP) is 3.78. The van der Waals surface area contributed by atoms with Crippen LogP contribution in [0.2, 0.25) is 5.02 Å². The van der Waals surface area contributed by atoms with Crippen molar-refractivity contribution >= 4 is 27.5 Å². The van der Waals surface area contributed by atoms with Crippen molar-refractivity contribution in [3.05, 3.63) is 44.6 Å². The molecule has 0 amide bonds. The molecule has 0 bridgehead atoms. The number of hydrogen-bond acceptors (Lipinski definition) is 3. The Hall–Kier alpha value is -1.04. The van der Waals surface area contributed by atoms with Crippen LogP contribution < -0.4 is 4.74 Å². The summed E-state index contributed by atoms with van der Waals surface area (Å²) in [5, 5.41) is 14.3. The van der Waals surface area contributed by atoms with E-state index in [0.29, 0.717) is 17.4 Å². The standard InChI is InChI=1S/C14H16BrClN2O2/c1-8-14(15)12(18(3)17-8)7-20-13-5-4-10(9(2)19)6-11(13)16/h4-6,9,19H,7H2,1-3H3/t9-/m1/s1. The second-order valence-electron chi connectivity index (χ2n) is 4.62. The quantitative estimate of drug-likeness (QED) is 0.904. The lowest BCUT2D eigenvalue weighted by atomic mass is 10.1. The fourth-order valence-electron chi connectivity index (χ4n) is 1.88. The molecule has 0 spiro atoms. The van der Waals surface area contributed by atoms with E-state index in [2.05, 4.69) is 21.0 Å². The topological polar surface area (TPSA) is 47.3 Å². The largest absolute Gasteiger partial charge is 0.486 e. The number of halogens is 2. The average molecular weight is 360 g/mol. The van der Waals surface area contributed by atoms with Gasteiger partial charge in [0.1, 0.15) is 12.4 Å². The van der Waals surface area contributed by atoms with Crippen LogP contribution >= 0.6 is 27.5 Å². The minimum absolute atomic E-state index is 0.367. The normalized spacial score (nSPS) is 12.5. The molecule has 1 N–H and O–H groups in total. The van der Waals surface area contributed by atoms with Gasteiger partial charge in [0.05, 0.1) is 27.0 Å². The third-order valence-electron chi connectivity index (χ3n) is 3.06. The zero-order valence-electron chi connectivity index (χ0n) is 11.5. The van der Waals surface area contributed by atoms with E-state index in [0.717, 1.165) is 21.4 Å². The maximum atomic E-state index is 9.51. The van der Waals surface area contributed by atoms with Gasteiger partial charge in [-0.25, -0.2) is 0 Å². The highest BCUT2D eigenvalue weighted by Gasteiger charge is 2.12. The number of aromatic nitrogens is 2. The molecule has 0 fully saturated rings. The smallest absolute Gasteiger partial charge is 0.138 e. The average Bonchev–Trinajstić information content (AvgIpc) is 2.62. The number of rotatable bonds is 4. The van der Waals surface area contributed by atoms with Gasteiger partial charge >= 0.3 is 0 Å². The lowest BCUT2D eigenvalue weighted by Gasteiger charge is -2.11. The Bertz CT molecular complexity index is 626. The van der Waals surface area contributed by atoms with Crippen LogP contribution in [0.5, 0.6) is 5.75 Å². The minimum Gasteiger partial charge on any atom is -0.486 e. The fraction of sp³-hybridized carbons (Fsp3) is 0.357. The Morgan fingerprint density at radius 3 is 2.70 bits per heavy atom. The van der Waals surface area contributed by atoms with Crippen LogP contribution in [-0.4, -0.2) is 14.9 Å². The van der Waals surface area contributed by atoms with Gasteiger partial charge in [0.25, 0.3) is 0 Å². The first-order chi connectivity index (χ1) is 9.40. The number of hydrogen-bond donors (Lipinski definition) is 1. The number of aryl methyl sites for hydroxylation is 2.